The van der Waals surface area contributed by atoms with Crippen LogP contribution in [0.4, 0.5) is 0 Å². The van der Waals surface area contributed by atoms with Gasteiger partial charge in [-0.05, 0) is 45.0 Å². The number of aromatic nitrogens is 1. The molecule has 2 aromatic rings. The molecule has 14 heavy (non-hydrogen) atoms. The lowest BCUT2D eigenvalue weighted by molar-refractivity contribution is 0.411. The van der Waals surface area contributed by atoms with Crippen molar-refractivity contribution in [1.29, 1.82) is 0 Å². The van der Waals surface area contributed by atoms with Gasteiger partial charge in [0.15, 0.2) is 0 Å². The lowest BCUT2D eigenvalue weighted by Crippen LogP contribution is -2.20. The molecule has 1 aromatic heterocycles. The molecule has 1 nitrogen and oxygen atoms in total. The van der Waals surface area contributed by atoms with Crippen molar-refractivity contribution in [1.82, 2.24) is 4.57 Å². The van der Waals surface area contributed by atoms with Gasteiger partial charge in [0, 0.05) is 27.1 Å². The Kier molecular flexibility index (Phi) is 2.18. The standard InChI is InChI=1S/C12H14BrN/c1-12(2,3)14-7-6-9-8-10(13)4-5-11(9)14/h4-8H,1-3H3. The summed E-state index contributed by atoms with van der Waals surface area (Å²) in [5.74, 6) is 0. The van der Waals surface area contributed by atoms with E-state index >= 15 is 0 Å². The quantitative estimate of drug-likeness (QED) is 0.663. The van der Waals surface area contributed by atoms with Crippen molar-refractivity contribution in [3.8, 4) is 0 Å². The largest absolute Gasteiger partial charge is 0.342 e. The predicted octanol–water partition coefficient (Wildman–Crippen LogP) is 4.16. The number of halogens is 1. The van der Waals surface area contributed by atoms with Gasteiger partial charge in [-0.1, -0.05) is 15.9 Å². The van der Waals surface area contributed by atoms with Crippen LogP contribution in [0, 0.1) is 0 Å². The summed E-state index contributed by atoms with van der Waals surface area (Å²) in [4.78, 5) is 0. The first-order chi connectivity index (χ1) is 6.48. The molecule has 74 valence electrons. The van der Waals surface area contributed by atoms with Crippen molar-refractivity contribution < 1.29 is 0 Å². The van der Waals surface area contributed by atoms with Crippen LogP contribution in [-0.2, 0) is 5.54 Å². The Labute approximate surface area is 92.9 Å². The molecule has 1 aromatic carbocycles. The van der Waals surface area contributed by atoms with Gasteiger partial charge in [-0.2, -0.15) is 0 Å². The van der Waals surface area contributed by atoms with Crippen LogP contribution in [0.2, 0.25) is 0 Å². The molecule has 2 heteroatoms. The first kappa shape index (κ1) is 9.78. The molecule has 0 bridgehead atoms. The van der Waals surface area contributed by atoms with Crippen molar-refractivity contribution in [3.05, 3.63) is 34.9 Å². The maximum atomic E-state index is 3.48. The third-order valence-electron chi connectivity index (χ3n) is 2.37. The maximum absolute atomic E-state index is 3.48. The molecule has 0 aliphatic carbocycles. The van der Waals surface area contributed by atoms with Crippen molar-refractivity contribution in [2.45, 2.75) is 26.3 Å². The second kappa shape index (κ2) is 3.13. The molecule has 0 radical (unpaired) electrons. The Morgan fingerprint density at radius 1 is 1.14 bits per heavy atom. The van der Waals surface area contributed by atoms with Crippen LogP contribution in [0.5, 0.6) is 0 Å². The van der Waals surface area contributed by atoms with E-state index in [1.807, 2.05) is 0 Å². The molecule has 0 aliphatic heterocycles. The first-order valence-corrected chi connectivity index (χ1v) is 5.55. The highest BCUT2D eigenvalue weighted by atomic mass is 79.9. The first-order valence-electron chi connectivity index (χ1n) is 4.75. The van der Waals surface area contributed by atoms with Crippen LogP contribution >= 0.6 is 15.9 Å². The van der Waals surface area contributed by atoms with Gasteiger partial charge < -0.3 is 4.57 Å². The molecule has 0 aliphatic rings. The van der Waals surface area contributed by atoms with Crippen LogP contribution in [-0.4, -0.2) is 4.57 Å². The maximum Gasteiger partial charge on any atom is 0.0485 e. The summed E-state index contributed by atoms with van der Waals surface area (Å²) in [6, 6.07) is 8.55. The predicted molar refractivity (Wildman–Crippen MR) is 64.6 cm³/mol. The molecule has 0 amide bonds. The summed E-state index contributed by atoms with van der Waals surface area (Å²) >= 11 is 3.48. The fourth-order valence-corrected chi connectivity index (χ4v) is 2.08. The van der Waals surface area contributed by atoms with Gasteiger partial charge in [0.05, 0.1) is 0 Å². The highest BCUT2D eigenvalue weighted by Gasteiger charge is 2.14. The van der Waals surface area contributed by atoms with E-state index in [4.69, 9.17) is 0 Å². The molecule has 0 fully saturated rings. The van der Waals surface area contributed by atoms with Crippen molar-refractivity contribution in [2.75, 3.05) is 0 Å². The van der Waals surface area contributed by atoms with Crippen molar-refractivity contribution >= 4 is 26.8 Å². The van der Waals surface area contributed by atoms with Crippen LogP contribution in [0.1, 0.15) is 20.8 Å². The fraction of sp³-hybridized carbons (Fsp3) is 0.333. The highest BCUT2D eigenvalue weighted by Crippen LogP contribution is 2.25. The Balaban J connectivity index is 2.70. The molecule has 0 N–H and O–H groups in total. The minimum absolute atomic E-state index is 0.148. The van der Waals surface area contributed by atoms with Crippen LogP contribution < -0.4 is 0 Å². The van der Waals surface area contributed by atoms with Crippen molar-refractivity contribution in [2.24, 2.45) is 0 Å². The summed E-state index contributed by atoms with van der Waals surface area (Å²) in [7, 11) is 0. The van der Waals surface area contributed by atoms with E-state index in [-0.39, 0.29) is 5.54 Å². The van der Waals surface area contributed by atoms with Gasteiger partial charge in [-0.15, -0.1) is 0 Å². The molecular weight excluding hydrogens is 238 g/mol. The monoisotopic (exact) mass is 251 g/mol. The zero-order valence-electron chi connectivity index (χ0n) is 8.71. The number of hydrogen-bond acceptors (Lipinski definition) is 0. The Morgan fingerprint density at radius 2 is 1.86 bits per heavy atom. The molecule has 0 atom stereocenters. The highest BCUT2D eigenvalue weighted by molar-refractivity contribution is 9.10. The van der Waals surface area contributed by atoms with Gasteiger partial charge in [0.25, 0.3) is 0 Å². The van der Waals surface area contributed by atoms with Gasteiger partial charge in [-0.3, -0.25) is 0 Å². The van der Waals surface area contributed by atoms with Gasteiger partial charge >= 0.3 is 0 Å². The molecular formula is C12H14BrN. The van der Waals surface area contributed by atoms with E-state index in [2.05, 4.69) is 71.7 Å². The summed E-state index contributed by atoms with van der Waals surface area (Å²) in [6.45, 7) is 6.65. The minimum Gasteiger partial charge on any atom is -0.342 e. The number of nitrogens with zero attached hydrogens (tertiary/aromatic N) is 1. The molecule has 0 saturated carbocycles. The average molecular weight is 252 g/mol. The van der Waals surface area contributed by atoms with Gasteiger partial charge in [0.2, 0.25) is 0 Å². The molecule has 2 rings (SSSR count). The number of rotatable bonds is 0. The third-order valence-corrected chi connectivity index (χ3v) is 2.87. The molecule has 0 spiro atoms. The van der Waals surface area contributed by atoms with Gasteiger partial charge in [0.1, 0.15) is 0 Å². The summed E-state index contributed by atoms with van der Waals surface area (Å²) < 4.78 is 3.44. The topological polar surface area (TPSA) is 4.93 Å². The van der Waals surface area contributed by atoms with E-state index in [1.165, 1.54) is 10.9 Å². The molecule has 0 unspecified atom stereocenters. The molecule has 0 saturated heterocycles. The number of hydrogen-bond donors (Lipinski definition) is 0. The normalized spacial score (nSPS) is 12.3. The van der Waals surface area contributed by atoms with E-state index in [1.54, 1.807) is 0 Å². The lowest BCUT2D eigenvalue weighted by atomic mass is 10.1. The summed E-state index contributed by atoms with van der Waals surface area (Å²) in [6.07, 6.45) is 2.15. The molecule has 1 heterocycles. The summed E-state index contributed by atoms with van der Waals surface area (Å²) in [5.41, 5.74) is 1.44. The third kappa shape index (κ3) is 1.59. The summed E-state index contributed by atoms with van der Waals surface area (Å²) in [5, 5.41) is 1.29. The minimum atomic E-state index is 0.148. The SMILES string of the molecule is CC(C)(C)n1ccc2cc(Br)ccc21. The van der Waals surface area contributed by atoms with E-state index in [0.717, 1.165) is 4.47 Å². The number of fused-ring (bicyclic) bond motifs is 1. The van der Waals surface area contributed by atoms with Crippen molar-refractivity contribution in [3.63, 3.8) is 0 Å². The lowest BCUT2D eigenvalue weighted by Gasteiger charge is -2.22. The number of benzene rings is 1. The zero-order chi connectivity index (χ0) is 10.3. The van der Waals surface area contributed by atoms with E-state index in [0.29, 0.717) is 0 Å². The second-order valence-corrected chi connectivity index (χ2v) is 5.48. The zero-order valence-corrected chi connectivity index (χ0v) is 10.3. The smallest absolute Gasteiger partial charge is 0.0485 e. The van der Waals surface area contributed by atoms with Crippen LogP contribution in [0.3, 0.4) is 0 Å². The van der Waals surface area contributed by atoms with E-state index in [9.17, 15) is 0 Å². The van der Waals surface area contributed by atoms with Crippen LogP contribution in [0.25, 0.3) is 10.9 Å². The van der Waals surface area contributed by atoms with Gasteiger partial charge in [-0.25, -0.2) is 0 Å². The van der Waals surface area contributed by atoms with E-state index < -0.39 is 0 Å². The average Bonchev–Trinajstić information content (AvgIpc) is 2.45. The van der Waals surface area contributed by atoms with Crippen LogP contribution in [0.15, 0.2) is 34.9 Å². The Morgan fingerprint density at radius 3 is 2.50 bits per heavy atom. The fourth-order valence-electron chi connectivity index (χ4n) is 1.70. The second-order valence-electron chi connectivity index (χ2n) is 4.56. The Bertz CT molecular complexity index is 463. The Hall–Kier alpha value is -0.760.